The number of carbonyl (C=O) groups excluding carboxylic acids is 2. The van der Waals surface area contributed by atoms with Gasteiger partial charge in [0.25, 0.3) is 0 Å². The molecule has 0 aromatic rings. The lowest BCUT2D eigenvalue weighted by atomic mass is 9.85. The zero-order valence-electron chi connectivity index (χ0n) is 36.6. The second-order valence-electron chi connectivity index (χ2n) is 16.7. The van der Waals surface area contributed by atoms with E-state index in [1.165, 1.54) is 128 Å². The van der Waals surface area contributed by atoms with Gasteiger partial charge in [0.05, 0.1) is 6.61 Å². The molecule has 0 radical (unpaired) electrons. The topological polar surface area (TPSA) is 210 Å². The number of aliphatic hydroxyl groups is 5. The Morgan fingerprint density at radius 2 is 0.898 bits per heavy atom. The molecule has 0 heterocycles. The average Bonchev–Trinajstić information content (AvgIpc) is 3.21. The van der Waals surface area contributed by atoms with Gasteiger partial charge >= 0.3 is 19.8 Å². The molecule has 0 aromatic heterocycles. The van der Waals surface area contributed by atoms with Crippen molar-refractivity contribution in [3.63, 3.8) is 0 Å². The Morgan fingerprint density at radius 1 is 0.542 bits per heavy atom. The standard InChI is InChI=1S/C45H85O13P/c1-3-5-7-9-11-13-15-17-19-21-23-25-27-29-31-33-38(46)55-35-37(36-56-59(53,54)58-45-43(51)41(49)40(48)42(50)44(45)52)57-39(47)34-32-30-28-26-24-22-20-18-16-14-12-10-8-6-4-2/h3,37,40-45,48-52H,1,4-36H2,2H3,(H,53,54)/t37-,40?,41-,42?,43?,44?,45?/m1/s1. The number of rotatable bonds is 40. The molecular formula is C45H85O13P. The van der Waals surface area contributed by atoms with Crippen molar-refractivity contribution in [2.75, 3.05) is 13.2 Å². The van der Waals surface area contributed by atoms with Crippen LogP contribution in [0.3, 0.4) is 0 Å². The molecule has 0 saturated heterocycles. The summed E-state index contributed by atoms with van der Waals surface area (Å²) in [6, 6.07) is 0. The van der Waals surface area contributed by atoms with Crippen molar-refractivity contribution in [2.45, 2.75) is 249 Å². The van der Waals surface area contributed by atoms with Crippen LogP contribution in [0.2, 0.25) is 0 Å². The molecule has 59 heavy (non-hydrogen) atoms. The molecule has 1 fully saturated rings. The lowest BCUT2D eigenvalue weighted by Gasteiger charge is -2.41. The Labute approximate surface area is 356 Å². The fraction of sp³-hybridized carbons (Fsp3) is 0.911. The van der Waals surface area contributed by atoms with E-state index in [4.69, 9.17) is 18.5 Å². The van der Waals surface area contributed by atoms with Gasteiger partial charge in [0.2, 0.25) is 0 Å². The lowest BCUT2D eigenvalue weighted by Crippen LogP contribution is -2.64. The summed E-state index contributed by atoms with van der Waals surface area (Å²) in [5.74, 6) is -1.09. The molecule has 1 aliphatic rings. The number of ether oxygens (including phenoxy) is 2. The fourth-order valence-corrected chi connectivity index (χ4v) is 8.42. The van der Waals surface area contributed by atoms with E-state index in [9.17, 15) is 44.6 Å². The van der Waals surface area contributed by atoms with E-state index in [-0.39, 0.29) is 12.8 Å². The molecule has 0 aliphatic heterocycles. The second-order valence-corrected chi connectivity index (χ2v) is 18.1. The van der Waals surface area contributed by atoms with Gasteiger partial charge in [0.15, 0.2) is 6.10 Å². The summed E-state index contributed by atoms with van der Waals surface area (Å²) < 4.78 is 33.5. The Bertz CT molecular complexity index is 1080. The highest BCUT2D eigenvalue weighted by Gasteiger charge is 2.51. The van der Waals surface area contributed by atoms with Gasteiger partial charge in [0.1, 0.15) is 43.2 Å². The van der Waals surface area contributed by atoms with Crippen molar-refractivity contribution in [1.29, 1.82) is 0 Å². The SMILES string of the molecule is C=CCCCCCCCCCCCCCCCC(=O)OC[C@H](COP(=O)(O)OC1C(O)C(O)C(O)[C@@H](O)C1O)OC(=O)CCCCCCCCCCCCCCCCC. The quantitative estimate of drug-likeness (QED) is 0.0147. The summed E-state index contributed by atoms with van der Waals surface area (Å²) in [4.78, 5) is 35.7. The Balaban J connectivity index is 2.43. The largest absolute Gasteiger partial charge is 0.472 e. The second kappa shape index (κ2) is 36.1. The maximum absolute atomic E-state index is 12.8. The minimum Gasteiger partial charge on any atom is -0.462 e. The van der Waals surface area contributed by atoms with Crippen LogP contribution in [0, 0.1) is 0 Å². The number of hydrogen-bond acceptors (Lipinski definition) is 12. The first kappa shape index (κ1) is 55.6. The van der Waals surface area contributed by atoms with E-state index in [2.05, 4.69) is 13.5 Å². The number of carbonyl (C=O) groups is 2. The summed E-state index contributed by atoms with van der Waals surface area (Å²) >= 11 is 0. The van der Waals surface area contributed by atoms with Crippen LogP contribution in [-0.4, -0.2) is 98.3 Å². The van der Waals surface area contributed by atoms with Gasteiger partial charge in [-0.2, -0.15) is 0 Å². The Hall–Kier alpha value is -1.41. The van der Waals surface area contributed by atoms with Crippen LogP contribution >= 0.6 is 7.82 Å². The van der Waals surface area contributed by atoms with Gasteiger partial charge < -0.3 is 39.9 Å². The van der Waals surface area contributed by atoms with Crippen LogP contribution in [-0.2, 0) is 32.7 Å². The monoisotopic (exact) mass is 865 g/mol. The molecule has 0 aromatic carbocycles. The summed E-state index contributed by atoms with van der Waals surface area (Å²) in [7, 11) is -5.11. The van der Waals surface area contributed by atoms with E-state index in [0.717, 1.165) is 44.9 Å². The van der Waals surface area contributed by atoms with E-state index in [1.54, 1.807) is 0 Å². The van der Waals surface area contributed by atoms with Crippen molar-refractivity contribution >= 4 is 19.8 Å². The molecule has 0 spiro atoms. The number of aliphatic hydroxyl groups excluding tert-OH is 5. The third kappa shape index (κ3) is 28.7. The number of allylic oxidation sites excluding steroid dienone is 1. The highest BCUT2D eigenvalue weighted by molar-refractivity contribution is 7.47. The molecule has 0 bridgehead atoms. The molecule has 6 N–H and O–H groups in total. The summed E-state index contributed by atoms with van der Waals surface area (Å²) in [6.45, 7) is 4.84. The van der Waals surface area contributed by atoms with Gasteiger partial charge in [0, 0.05) is 12.8 Å². The van der Waals surface area contributed by atoms with Crippen LogP contribution in [0.5, 0.6) is 0 Å². The van der Waals surface area contributed by atoms with E-state index >= 15 is 0 Å². The first-order valence-electron chi connectivity index (χ1n) is 23.5. The Morgan fingerprint density at radius 3 is 1.31 bits per heavy atom. The highest BCUT2D eigenvalue weighted by atomic mass is 31.2. The predicted octanol–water partition coefficient (Wildman–Crippen LogP) is 9.06. The molecule has 0 amide bonds. The molecule has 13 nitrogen and oxygen atoms in total. The summed E-state index contributed by atoms with van der Waals surface area (Å²) in [5, 5.41) is 50.1. The summed E-state index contributed by atoms with van der Waals surface area (Å²) in [6.07, 6.45) is 23.0. The minimum atomic E-state index is -5.11. The molecule has 348 valence electrons. The normalized spacial score (nSPS) is 22.2. The van der Waals surface area contributed by atoms with Crippen molar-refractivity contribution in [3.05, 3.63) is 12.7 Å². The van der Waals surface area contributed by atoms with Crippen LogP contribution in [0.1, 0.15) is 206 Å². The molecule has 6 unspecified atom stereocenters. The number of hydrogen-bond donors (Lipinski definition) is 6. The van der Waals surface area contributed by atoms with E-state index < -0.39 is 75.7 Å². The average molecular weight is 865 g/mol. The number of unbranched alkanes of at least 4 members (excludes halogenated alkanes) is 27. The van der Waals surface area contributed by atoms with Crippen LogP contribution < -0.4 is 0 Å². The third-order valence-electron chi connectivity index (χ3n) is 11.3. The van der Waals surface area contributed by atoms with Crippen molar-refractivity contribution < 1.29 is 63.1 Å². The smallest absolute Gasteiger partial charge is 0.462 e. The highest BCUT2D eigenvalue weighted by Crippen LogP contribution is 2.47. The first-order chi connectivity index (χ1) is 28.4. The molecule has 8 atom stereocenters. The fourth-order valence-electron chi connectivity index (χ4n) is 7.45. The van der Waals surface area contributed by atoms with Crippen molar-refractivity contribution in [3.8, 4) is 0 Å². The zero-order chi connectivity index (χ0) is 43.6. The lowest BCUT2D eigenvalue weighted by molar-refractivity contribution is -0.220. The molecule has 14 heteroatoms. The number of phosphoric ester groups is 1. The summed E-state index contributed by atoms with van der Waals surface area (Å²) in [5.41, 5.74) is 0. The number of esters is 2. The third-order valence-corrected chi connectivity index (χ3v) is 12.2. The van der Waals surface area contributed by atoms with Crippen molar-refractivity contribution in [1.82, 2.24) is 0 Å². The van der Waals surface area contributed by atoms with Gasteiger partial charge in [-0.1, -0.05) is 174 Å². The molecule has 1 aliphatic carbocycles. The van der Waals surface area contributed by atoms with Crippen LogP contribution in [0.25, 0.3) is 0 Å². The number of phosphoric acid groups is 1. The predicted molar refractivity (Wildman–Crippen MR) is 231 cm³/mol. The van der Waals surface area contributed by atoms with Crippen LogP contribution in [0.15, 0.2) is 12.7 Å². The van der Waals surface area contributed by atoms with Gasteiger partial charge in [-0.3, -0.25) is 18.6 Å². The first-order valence-corrected chi connectivity index (χ1v) is 24.9. The van der Waals surface area contributed by atoms with E-state index in [1.807, 2.05) is 6.08 Å². The van der Waals surface area contributed by atoms with Crippen LogP contribution in [0.4, 0.5) is 0 Å². The van der Waals surface area contributed by atoms with Gasteiger partial charge in [-0.05, 0) is 25.7 Å². The Kier molecular flexibility index (Phi) is 34.0. The van der Waals surface area contributed by atoms with Crippen molar-refractivity contribution in [2.24, 2.45) is 0 Å². The zero-order valence-corrected chi connectivity index (χ0v) is 37.5. The molecular weight excluding hydrogens is 779 g/mol. The maximum Gasteiger partial charge on any atom is 0.472 e. The molecule has 1 saturated carbocycles. The minimum absolute atomic E-state index is 0.102. The molecule has 1 rings (SSSR count). The van der Waals surface area contributed by atoms with Gasteiger partial charge in [-0.15, -0.1) is 6.58 Å². The van der Waals surface area contributed by atoms with E-state index in [0.29, 0.717) is 12.8 Å². The maximum atomic E-state index is 12.8. The van der Waals surface area contributed by atoms with Gasteiger partial charge in [-0.25, -0.2) is 4.57 Å².